The Morgan fingerprint density at radius 3 is 1.40 bits per heavy atom. The van der Waals surface area contributed by atoms with Crippen molar-refractivity contribution in [1.82, 2.24) is 9.97 Å². The molecule has 0 unspecified atom stereocenters. The normalized spacial score (nSPS) is 11.8. The van der Waals surface area contributed by atoms with Crippen molar-refractivity contribution in [2.24, 2.45) is 0 Å². The van der Waals surface area contributed by atoms with Gasteiger partial charge >= 0.3 is 0 Å². The Bertz CT molecular complexity index is 3940. The van der Waals surface area contributed by atoms with Gasteiger partial charge in [-0.05, 0) is 108 Å². The van der Waals surface area contributed by atoms with E-state index in [9.17, 15) is 0 Å². The van der Waals surface area contributed by atoms with Crippen LogP contribution in [-0.4, -0.2) is 9.97 Å². The summed E-state index contributed by atoms with van der Waals surface area (Å²) in [5.41, 5.74) is 15.0. The van der Waals surface area contributed by atoms with Crippen molar-refractivity contribution in [2.45, 2.75) is 0 Å². The lowest BCUT2D eigenvalue weighted by atomic mass is 9.94. The first-order valence-corrected chi connectivity index (χ1v) is 21.4. The summed E-state index contributed by atoms with van der Waals surface area (Å²) in [6.07, 6.45) is 1.92. The van der Waals surface area contributed by atoms with Gasteiger partial charge in [-0.1, -0.05) is 176 Å². The number of para-hydroxylation sites is 2. The van der Waals surface area contributed by atoms with E-state index in [-0.39, 0.29) is 0 Å². The Balaban J connectivity index is 0.770. The molecule has 0 amide bonds. The van der Waals surface area contributed by atoms with E-state index in [0.717, 1.165) is 71.7 Å². The number of rotatable bonds is 5. The van der Waals surface area contributed by atoms with Crippen LogP contribution in [0.4, 0.5) is 0 Å². The number of furan rings is 1. The van der Waals surface area contributed by atoms with Gasteiger partial charge in [0.1, 0.15) is 11.2 Å². The second kappa shape index (κ2) is 14.1. The lowest BCUT2D eigenvalue weighted by Crippen LogP contribution is -1.92. The molecule has 0 saturated heterocycles. The molecule has 0 atom stereocenters. The van der Waals surface area contributed by atoms with Crippen molar-refractivity contribution in [3.05, 3.63) is 219 Å². The molecule has 13 aromatic rings. The van der Waals surface area contributed by atoms with Gasteiger partial charge in [-0.2, -0.15) is 0 Å². The van der Waals surface area contributed by atoms with E-state index < -0.39 is 0 Å². The fourth-order valence-electron chi connectivity index (χ4n) is 9.65. The maximum atomic E-state index is 6.32. The molecule has 0 saturated carbocycles. The summed E-state index contributed by atoms with van der Waals surface area (Å²) in [6.45, 7) is 0. The molecular formula is C60H36N2O. The maximum Gasteiger partial charge on any atom is 0.143 e. The molecule has 3 heteroatoms. The first kappa shape index (κ1) is 35.4. The van der Waals surface area contributed by atoms with Gasteiger partial charge in [0.2, 0.25) is 0 Å². The molecule has 0 radical (unpaired) electrons. The van der Waals surface area contributed by atoms with Crippen molar-refractivity contribution in [2.75, 3.05) is 0 Å². The molecule has 0 fully saturated rings. The SMILES string of the molecule is c1cc(-c2ccc3cc(-c4ccc5cc(-c6ccc(-c7cccc8c7oc7ccccc78)cc6)ccc5c4)ccc3c2)cc(-c2cnc3c4ccccc4c4ccccc4c3n2)c1. The van der Waals surface area contributed by atoms with Gasteiger partial charge in [-0.3, -0.25) is 4.98 Å². The summed E-state index contributed by atoms with van der Waals surface area (Å²) in [5, 5.41) is 11.8. The Hall–Kier alpha value is -8.40. The molecule has 292 valence electrons. The number of aromatic nitrogens is 2. The zero-order chi connectivity index (χ0) is 41.4. The summed E-state index contributed by atoms with van der Waals surface area (Å²) in [5.74, 6) is 0. The molecule has 0 N–H and O–H groups in total. The number of hydrogen-bond acceptors (Lipinski definition) is 3. The van der Waals surface area contributed by atoms with Crippen molar-refractivity contribution in [3.8, 4) is 55.8 Å². The molecule has 0 bridgehead atoms. The van der Waals surface area contributed by atoms with E-state index in [1.165, 1.54) is 60.1 Å². The lowest BCUT2D eigenvalue weighted by Gasteiger charge is -2.11. The van der Waals surface area contributed by atoms with E-state index in [0.29, 0.717) is 0 Å². The van der Waals surface area contributed by atoms with Crippen molar-refractivity contribution in [1.29, 1.82) is 0 Å². The van der Waals surface area contributed by atoms with Gasteiger partial charge in [0.15, 0.2) is 0 Å². The second-order valence-corrected chi connectivity index (χ2v) is 16.5. The van der Waals surface area contributed by atoms with Crippen LogP contribution >= 0.6 is 0 Å². The number of hydrogen-bond donors (Lipinski definition) is 0. The van der Waals surface area contributed by atoms with Gasteiger partial charge in [-0.25, -0.2) is 4.98 Å². The van der Waals surface area contributed by atoms with Gasteiger partial charge in [0, 0.05) is 32.7 Å². The quantitative estimate of drug-likeness (QED) is 0.163. The zero-order valence-electron chi connectivity index (χ0n) is 34.1. The van der Waals surface area contributed by atoms with Crippen LogP contribution in [0.1, 0.15) is 0 Å². The van der Waals surface area contributed by atoms with Crippen LogP contribution in [0.3, 0.4) is 0 Å². The molecule has 63 heavy (non-hydrogen) atoms. The highest BCUT2D eigenvalue weighted by molar-refractivity contribution is 6.23. The lowest BCUT2D eigenvalue weighted by molar-refractivity contribution is 0.670. The standard InChI is InChI=1S/C60H36N2O/c1-3-14-53-50(11-1)51-12-2-4-15-54(51)59-58(53)61-36-56(62-59)48-10-7-9-39(35-48)41-25-26-45-34-47(30-29-44(45)32-41)46-28-27-42-31-40(23-24-43(42)33-46)37-19-21-38(22-20-37)49-16-8-17-55-52-13-5-6-18-57(52)63-60(49)55/h1-36H. The third-order valence-corrected chi connectivity index (χ3v) is 12.9. The minimum Gasteiger partial charge on any atom is -0.455 e. The van der Waals surface area contributed by atoms with E-state index >= 15 is 0 Å². The van der Waals surface area contributed by atoms with E-state index in [1.54, 1.807) is 0 Å². The third-order valence-electron chi connectivity index (χ3n) is 12.9. The fourth-order valence-corrected chi connectivity index (χ4v) is 9.65. The molecule has 0 aliphatic carbocycles. The Morgan fingerprint density at radius 1 is 0.302 bits per heavy atom. The van der Waals surface area contributed by atoms with E-state index in [4.69, 9.17) is 14.4 Å². The van der Waals surface area contributed by atoms with Gasteiger partial charge in [0.25, 0.3) is 0 Å². The minimum atomic E-state index is 0.866. The average molecular weight is 801 g/mol. The van der Waals surface area contributed by atoms with E-state index in [2.05, 4.69) is 200 Å². The third kappa shape index (κ3) is 5.89. The minimum absolute atomic E-state index is 0.866. The Morgan fingerprint density at radius 2 is 0.762 bits per heavy atom. The Labute approximate surface area is 363 Å². The number of nitrogens with zero attached hydrogens (tertiary/aromatic N) is 2. The van der Waals surface area contributed by atoms with Gasteiger partial charge in [-0.15, -0.1) is 0 Å². The van der Waals surface area contributed by atoms with Crippen molar-refractivity contribution >= 4 is 76.1 Å². The van der Waals surface area contributed by atoms with Crippen molar-refractivity contribution < 1.29 is 4.42 Å². The molecule has 0 spiro atoms. The highest BCUT2D eigenvalue weighted by Gasteiger charge is 2.15. The summed E-state index contributed by atoms with van der Waals surface area (Å²) in [4.78, 5) is 10.2. The second-order valence-electron chi connectivity index (χ2n) is 16.5. The molecule has 0 aliphatic rings. The highest BCUT2D eigenvalue weighted by Crippen LogP contribution is 2.39. The average Bonchev–Trinajstić information content (AvgIpc) is 3.75. The topological polar surface area (TPSA) is 38.9 Å². The molecule has 2 heterocycles. The summed E-state index contributed by atoms with van der Waals surface area (Å²) in [6, 6.07) is 76.2. The predicted molar refractivity (Wildman–Crippen MR) is 264 cm³/mol. The van der Waals surface area contributed by atoms with E-state index in [1.807, 2.05) is 18.3 Å². The summed E-state index contributed by atoms with van der Waals surface area (Å²) in [7, 11) is 0. The highest BCUT2D eigenvalue weighted by atomic mass is 16.3. The van der Waals surface area contributed by atoms with Crippen LogP contribution < -0.4 is 0 Å². The molecule has 11 aromatic carbocycles. The van der Waals surface area contributed by atoms with Crippen LogP contribution in [0.2, 0.25) is 0 Å². The number of fused-ring (bicyclic) bond motifs is 11. The molecule has 13 rings (SSSR count). The molecular weight excluding hydrogens is 765 g/mol. The largest absolute Gasteiger partial charge is 0.455 e. The van der Waals surface area contributed by atoms with Crippen LogP contribution in [-0.2, 0) is 0 Å². The summed E-state index contributed by atoms with van der Waals surface area (Å²) >= 11 is 0. The molecule has 3 nitrogen and oxygen atoms in total. The first-order valence-electron chi connectivity index (χ1n) is 21.4. The van der Waals surface area contributed by atoms with Crippen LogP contribution in [0.5, 0.6) is 0 Å². The Kier molecular flexibility index (Phi) is 7.91. The van der Waals surface area contributed by atoms with Crippen LogP contribution in [0.25, 0.3) is 132 Å². The zero-order valence-corrected chi connectivity index (χ0v) is 34.1. The van der Waals surface area contributed by atoms with Crippen LogP contribution in [0.15, 0.2) is 223 Å². The maximum absolute atomic E-state index is 6.32. The first-order chi connectivity index (χ1) is 31.2. The monoisotopic (exact) mass is 800 g/mol. The van der Waals surface area contributed by atoms with Gasteiger partial charge < -0.3 is 4.42 Å². The smallest absolute Gasteiger partial charge is 0.143 e. The molecule has 2 aromatic heterocycles. The van der Waals surface area contributed by atoms with Crippen LogP contribution in [0, 0.1) is 0 Å². The molecule has 0 aliphatic heterocycles. The van der Waals surface area contributed by atoms with Gasteiger partial charge in [0.05, 0.1) is 22.9 Å². The predicted octanol–water partition coefficient (Wildman–Crippen LogP) is 16.5. The summed E-state index contributed by atoms with van der Waals surface area (Å²) < 4.78 is 6.32. The fraction of sp³-hybridized carbons (Fsp3) is 0. The van der Waals surface area contributed by atoms with Crippen molar-refractivity contribution in [3.63, 3.8) is 0 Å². The number of benzene rings is 11.